The van der Waals surface area contributed by atoms with Crippen LogP contribution >= 0.6 is 11.3 Å². The molecule has 2 heterocycles. The molecule has 1 atom stereocenters. The van der Waals surface area contributed by atoms with Gasteiger partial charge in [0.05, 0.1) is 10.7 Å². The van der Waals surface area contributed by atoms with E-state index in [0.29, 0.717) is 6.04 Å². The van der Waals surface area contributed by atoms with Crippen molar-refractivity contribution in [1.82, 2.24) is 15.3 Å². The molecule has 0 amide bonds. The third kappa shape index (κ3) is 3.61. The summed E-state index contributed by atoms with van der Waals surface area (Å²) in [6, 6.07) is 4.45. The lowest BCUT2D eigenvalue weighted by Crippen LogP contribution is -2.21. The fraction of sp³-hybridized carbons (Fsp3) is 0.385. The molecule has 2 aromatic heterocycles. The zero-order valence-electron chi connectivity index (χ0n) is 10.2. The van der Waals surface area contributed by atoms with Gasteiger partial charge in [0.2, 0.25) is 0 Å². The van der Waals surface area contributed by atoms with Crippen LogP contribution in [-0.2, 0) is 6.42 Å². The molecule has 0 spiro atoms. The van der Waals surface area contributed by atoms with Crippen LogP contribution in [0.15, 0.2) is 29.9 Å². The smallest absolute Gasteiger partial charge is 0.0897 e. The third-order valence-corrected chi connectivity index (χ3v) is 3.53. The first kappa shape index (κ1) is 12.2. The van der Waals surface area contributed by atoms with E-state index in [1.165, 1.54) is 11.3 Å². The first-order valence-electron chi connectivity index (χ1n) is 5.80. The maximum atomic E-state index is 4.45. The lowest BCUT2D eigenvalue weighted by molar-refractivity contribution is 0.574. The Morgan fingerprint density at radius 3 is 2.76 bits per heavy atom. The van der Waals surface area contributed by atoms with Gasteiger partial charge in [-0.1, -0.05) is 0 Å². The van der Waals surface area contributed by atoms with Crippen molar-refractivity contribution in [3.63, 3.8) is 0 Å². The van der Waals surface area contributed by atoms with Gasteiger partial charge in [0.15, 0.2) is 0 Å². The fourth-order valence-electron chi connectivity index (χ4n) is 1.71. The molecule has 0 radical (unpaired) electrons. The van der Waals surface area contributed by atoms with Crippen LogP contribution in [0.2, 0.25) is 0 Å². The number of hydrogen-bond acceptors (Lipinski definition) is 4. The maximum absolute atomic E-state index is 4.45. The molecule has 0 saturated heterocycles. The third-order valence-electron chi connectivity index (χ3n) is 2.70. The van der Waals surface area contributed by atoms with Gasteiger partial charge in [-0.05, 0) is 31.5 Å². The average molecular weight is 247 g/mol. The zero-order chi connectivity index (χ0) is 12.1. The molecule has 17 heavy (non-hydrogen) atoms. The summed E-state index contributed by atoms with van der Waals surface area (Å²) in [5.74, 6) is 0. The van der Waals surface area contributed by atoms with Gasteiger partial charge in [-0.2, -0.15) is 0 Å². The quantitative estimate of drug-likeness (QED) is 0.883. The number of nitrogens with zero attached hydrogens (tertiary/aromatic N) is 2. The second-order valence-corrected chi connectivity index (χ2v) is 5.13. The zero-order valence-corrected chi connectivity index (χ0v) is 11.0. The minimum absolute atomic E-state index is 0.359. The maximum Gasteiger partial charge on any atom is 0.0897 e. The number of aromatic nitrogens is 2. The van der Waals surface area contributed by atoms with E-state index in [0.717, 1.165) is 18.0 Å². The molecule has 0 aliphatic rings. The van der Waals surface area contributed by atoms with Gasteiger partial charge in [0, 0.05) is 36.8 Å². The van der Waals surface area contributed by atoms with Gasteiger partial charge >= 0.3 is 0 Å². The number of aryl methyl sites for hydroxylation is 1. The molecule has 1 unspecified atom stereocenters. The fourth-order valence-corrected chi connectivity index (χ4v) is 2.36. The van der Waals surface area contributed by atoms with Crippen molar-refractivity contribution in [3.05, 3.63) is 46.2 Å². The molecule has 0 fully saturated rings. The van der Waals surface area contributed by atoms with Crippen molar-refractivity contribution in [3.8, 4) is 0 Å². The molecule has 0 aliphatic heterocycles. The Labute approximate surface area is 106 Å². The van der Waals surface area contributed by atoms with Gasteiger partial charge in [-0.3, -0.25) is 4.98 Å². The second kappa shape index (κ2) is 5.89. The number of hydrogen-bond donors (Lipinski definition) is 1. The molecule has 0 aromatic carbocycles. The highest BCUT2D eigenvalue weighted by Gasteiger charge is 2.04. The topological polar surface area (TPSA) is 37.8 Å². The van der Waals surface area contributed by atoms with Crippen molar-refractivity contribution in [1.29, 1.82) is 0 Å². The van der Waals surface area contributed by atoms with E-state index >= 15 is 0 Å². The van der Waals surface area contributed by atoms with E-state index in [2.05, 4.69) is 27.6 Å². The molecule has 2 rings (SSSR count). The predicted octanol–water partition coefficient (Wildman–Crippen LogP) is 2.74. The molecule has 0 bridgehead atoms. The summed E-state index contributed by atoms with van der Waals surface area (Å²) in [7, 11) is 0. The first-order chi connectivity index (χ1) is 8.25. The molecular weight excluding hydrogens is 230 g/mol. The van der Waals surface area contributed by atoms with Gasteiger partial charge in [0.1, 0.15) is 0 Å². The molecule has 0 aliphatic carbocycles. The molecule has 4 heteroatoms. The number of nitrogens with one attached hydrogen (secondary N) is 1. The van der Waals surface area contributed by atoms with Gasteiger partial charge < -0.3 is 5.32 Å². The highest BCUT2D eigenvalue weighted by atomic mass is 32.1. The van der Waals surface area contributed by atoms with Gasteiger partial charge in [-0.15, -0.1) is 11.3 Å². The van der Waals surface area contributed by atoms with Gasteiger partial charge in [-0.25, -0.2) is 4.98 Å². The van der Waals surface area contributed by atoms with E-state index < -0.39 is 0 Å². The minimum Gasteiger partial charge on any atom is -0.310 e. The van der Waals surface area contributed by atoms with Crippen LogP contribution in [0.4, 0.5) is 0 Å². The van der Waals surface area contributed by atoms with Crippen LogP contribution < -0.4 is 5.32 Å². The lowest BCUT2D eigenvalue weighted by Gasteiger charge is -2.13. The van der Waals surface area contributed by atoms with Crippen LogP contribution in [-0.4, -0.2) is 16.5 Å². The average Bonchev–Trinajstić information content (AvgIpc) is 2.76. The van der Waals surface area contributed by atoms with Crippen molar-refractivity contribution in [2.24, 2.45) is 0 Å². The lowest BCUT2D eigenvalue weighted by atomic mass is 10.1. The number of rotatable bonds is 5. The van der Waals surface area contributed by atoms with Crippen LogP contribution in [0, 0.1) is 6.92 Å². The molecule has 90 valence electrons. The summed E-state index contributed by atoms with van der Waals surface area (Å²) in [4.78, 5) is 8.47. The van der Waals surface area contributed by atoms with Crippen molar-refractivity contribution in [2.75, 3.05) is 6.54 Å². The van der Waals surface area contributed by atoms with E-state index in [1.54, 1.807) is 11.3 Å². The summed E-state index contributed by atoms with van der Waals surface area (Å²) >= 11 is 1.71. The largest absolute Gasteiger partial charge is 0.310 e. The van der Waals surface area contributed by atoms with Crippen LogP contribution in [0.3, 0.4) is 0 Å². The normalized spacial score (nSPS) is 12.6. The van der Waals surface area contributed by atoms with Crippen LogP contribution in [0.1, 0.15) is 29.2 Å². The summed E-state index contributed by atoms with van der Waals surface area (Å²) in [6.45, 7) is 5.16. The van der Waals surface area contributed by atoms with E-state index in [1.807, 2.05) is 31.5 Å². The first-order valence-corrected chi connectivity index (χ1v) is 6.68. The molecule has 0 saturated carbocycles. The number of pyridine rings is 1. The summed E-state index contributed by atoms with van der Waals surface area (Å²) in [5, 5.41) is 6.77. The molecular formula is C13H17N3S. The van der Waals surface area contributed by atoms with Crippen molar-refractivity contribution >= 4 is 11.3 Å². The summed E-state index contributed by atoms with van der Waals surface area (Å²) in [6.07, 6.45) is 4.65. The van der Waals surface area contributed by atoms with Gasteiger partial charge in [0.25, 0.3) is 0 Å². The Balaban J connectivity index is 1.79. The Hall–Kier alpha value is -1.26. The van der Waals surface area contributed by atoms with E-state index in [-0.39, 0.29) is 0 Å². The second-order valence-electron chi connectivity index (χ2n) is 4.06. The Bertz CT molecular complexity index is 453. The van der Waals surface area contributed by atoms with Crippen molar-refractivity contribution in [2.45, 2.75) is 26.3 Å². The molecule has 2 aromatic rings. The molecule has 3 nitrogen and oxygen atoms in total. The Morgan fingerprint density at radius 1 is 1.35 bits per heavy atom. The standard InChI is InChI=1S/C13H17N3S/c1-10(12-3-6-14-7-4-12)15-8-5-13-9-17-11(2)16-13/h3-4,6-7,9-10,15H,5,8H2,1-2H3. The predicted molar refractivity (Wildman–Crippen MR) is 71.2 cm³/mol. The van der Waals surface area contributed by atoms with Crippen molar-refractivity contribution < 1.29 is 0 Å². The Kier molecular flexibility index (Phi) is 4.23. The Morgan fingerprint density at radius 2 is 2.12 bits per heavy atom. The monoisotopic (exact) mass is 247 g/mol. The highest BCUT2D eigenvalue weighted by Crippen LogP contribution is 2.11. The summed E-state index contributed by atoms with van der Waals surface area (Å²) < 4.78 is 0. The van der Waals surface area contributed by atoms with E-state index in [9.17, 15) is 0 Å². The molecule has 1 N–H and O–H groups in total. The summed E-state index contributed by atoms with van der Waals surface area (Å²) in [5.41, 5.74) is 2.45. The SMILES string of the molecule is Cc1nc(CCNC(C)c2ccncc2)cs1. The van der Waals surface area contributed by atoms with E-state index in [4.69, 9.17) is 0 Å². The number of thiazole rings is 1. The van der Waals surface area contributed by atoms with Crippen LogP contribution in [0.5, 0.6) is 0 Å². The highest BCUT2D eigenvalue weighted by molar-refractivity contribution is 7.09. The minimum atomic E-state index is 0.359. The van der Waals surface area contributed by atoms with Crippen LogP contribution in [0.25, 0.3) is 0 Å².